The summed E-state index contributed by atoms with van der Waals surface area (Å²) >= 11 is 5.59. The lowest BCUT2D eigenvalue weighted by atomic mass is 10.2. The molecule has 0 aliphatic carbocycles. The van der Waals surface area contributed by atoms with E-state index in [0.717, 1.165) is 0 Å². The van der Waals surface area contributed by atoms with Crippen molar-refractivity contribution in [1.29, 1.82) is 0 Å². The van der Waals surface area contributed by atoms with Crippen LogP contribution in [-0.4, -0.2) is 16.7 Å². The maximum Gasteiger partial charge on any atom is 0.228 e. The normalized spacial score (nSPS) is 10.5. The summed E-state index contributed by atoms with van der Waals surface area (Å²) in [7, 11) is 0. The molecule has 0 spiro atoms. The number of hydrogen-bond acceptors (Lipinski definition) is 5. The van der Waals surface area contributed by atoms with Gasteiger partial charge < -0.3 is 15.6 Å². The highest BCUT2D eigenvalue weighted by Gasteiger charge is 2.06. The highest BCUT2D eigenvalue weighted by atomic mass is 35.5. The standard InChI is InChI=1S/C10H10ClFN4O/c11-6-3-8(13)9(4-7(6)12)14-2-1-10-15-5-16-17-10/h3-5,14H,1-2,13H2. The van der Waals surface area contributed by atoms with Crippen molar-refractivity contribution >= 4 is 23.0 Å². The van der Waals surface area contributed by atoms with E-state index < -0.39 is 5.82 Å². The molecular weight excluding hydrogens is 247 g/mol. The molecule has 5 nitrogen and oxygen atoms in total. The van der Waals surface area contributed by atoms with Crippen LogP contribution in [0.1, 0.15) is 5.89 Å². The Bertz CT molecular complexity index is 503. The van der Waals surface area contributed by atoms with Gasteiger partial charge in [0.15, 0.2) is 6.33 Å². The van der Waals surface area contributed by atoms with Crippen LogP contribution in [-0.2, 0) is 6.42 Å². The Kier molecular flexibility index (Phi) is 3.43. The molecule has 3 N–H and O–H groups in total. The van der Waals surface area contributed by atoms with Crippen LogP contribution in [0.2, 0.25) is 5.02 Å². The average Bonchev–Trinajstić information content (AvgIpc) is 2.78. The molecule has 0 amide bonds. The van der Waals surface area contributed by atoms with Crippen molar-refractivity contribution in [3.8, 4) is 0 Å². The topological polar surface area (TPSA) is 77.0 Å². The lowest BCUT2D eigenvalue weighted by Gasteiger charge is -2.08. The lowest BCUT2D eigenvalue weighted by molar-refractivity contribution is 0.380. The molecule has 0 fully saturated rings. The molecule has 0 unspecified atom stereocenters. The Hall–Kier alpha value is -1.82. The number of benzene rings is 1. The molecule has 2 rings (SSSR count). The Labute approximate surface area is 102 Å². The van der Waals surface area contributed by atoms with Gasteiger partial charge in [-0.2, -0.15) is 4.98 Å². The number of nitrogens with two attached hydrogens (primary N) is 1. The van der Waals surface area contributed by atoms with Crippen molar-refractivity contribution in [2.75, 3.05) is 17.6 Å². The quantitative estimate of drug-likeness (QED) is 0.819. The number of rotatable bonds is 4. The number of nitrogens with zero attached hydrogens (tertiary/aromatic N) is 2. The van der Waals surface area contributed by atoms with Gasteiger partial charge in [0.25, 0.3) is 0 Å². The van der Waals surface area contributed by atoms with Gasteiger partial charge in [0.1, 0.15) is 5.82 Å². The molecule has 0 radical (unpaired) electrons. The van der Waals surface area contributed by atoms with Gasteiger partial charge in [-0.15, -0.1) is 0 Å². The lowest BCUT2D eigenvalue weighted by Crippen LogP contribution is -2.07. The maximum atomic E-state index is 13.2. The zero-order valence-electron chi connectivity index (χ0n) is 8.78. The van der Waals surface area contributed by atoms with E-state index in [1.54, 1.807) is 0 Å². The predicted octanol–water partition coefficient (Wildman–Crippen LogP) is 2.10. The number of aromatic nitrogens is 2. The van der Waals surface area contributed by atoms with E-state index >= 15 is 0 Å². The second-order valence-electron chi connectivity index (χ2n) is 3.37. The predicted molar refractivity (Wildman–Crippen MR) is 62.3 cm³/mol. The van der Waals surface area contributed by atoms with Crippen molar-refractivity contribution in [1.82, 2.24) is 10.1 Å². The summed E-state index contributed by atoms with van der Waals surface area (Å²) in [5.74, 6) is -0.00772. The molecule has 1 aromatic heterocycles. The van der Waals surface area contributed by atoms with Crippen LogP contribution in [0, 0.1) is 5.82 Å². The van der Waals surface area contributed by atoms with E-state index in [9.17, 15) is 4.39 Å². The minimum Gasteiger partial charge on any atom is -0.397 e. The first-order chi connectivity index (χ1) is 8.16. The van der Waals surface area contributed by atoms with Crippen molar-refractivity contribution in [2.24, 2.45) is 0 Å². The first kappa shape index (κ1) is 11.7. The van der Waals surface area contributed by atoms with E-state index in [-0.39, 0.29) is 5.02 Å². The molecule has 0 aliphatic heterocycles. The Morgan fingerprint density at radius 2 is 2.29 bits per heavy atom. The minimum absolute atomic E-state index is 0.00458. The molecule has 17 heavy (non-hydrogen) atoms. The molecule has 7 heteroatoms. The largest absolute Gasteiger partial charge is 0.397 e. The summed E-state index contributed by atoms with van der Waals surface area (Å²) in [4.78, 5) is 3.86. The third-order valence-electron chi connectivity index (χ3n) is 2.15. The van der Waals surface area contributed by atoms with Gasteiger partial charge >= 0.3 is 0 Å². The van der Waals surface area contributed by atoms with Gasteiger partial charge in [0.05, 0.1) is 16.4 Å². The van der Waals surface area contributed by atoms with Crippen LogP contribution in [0.3, 0.4) is 0 Å². The number of nitrogen functional groups attached to an aromatic ring is 1. The second-order valence-corrected chi connectivity index (χ2v) is 3.77. The minimum atomic E-state index is -0.513. The molecule has 90 valence electrons. The van der Waals surface area contributed by atoms with Crippen molar-refractivity contribution in [3.05, 3.63) is 35.2 Å². The van der Waals surface area contributed by atoms with Crippen LogP contribution >= 0.6 is 11.6 Å². The Morgan fingerprint density at radius 1 is 1.47 bits per heavy atom. The fourth-order valence-electron chi connectivity index (χ4n) is 1.33. The SMILES string of the molecule is Nc1cc(Cl)c(F)cc1NCCc1ncno1. The van der Waals surface area contributed by atoms with Gasteiger partial charge in [-0.05, 0) is 6.07 Å². The average molecular weight is 257 g/mol. The van der Waals surface area contributed by atoms with Crippen molar-refractivity contribution in [3.63, 3.8) is 0 Å². The van der Waals surface area contributed by atoms with Crippen molar-refractivity contribution in [2.45, 2.75) is 6.42 Å². The number of halogens is 2. The van der Waals surface area contributed by atoms with Gasteiger partial charge in [-0.25, -0.2) is 4.39 Å². The summed E-state index contributed by atoms with van der Waals surface area (Å²) < 4.78 is 18.0. The number of anilines is 2. The Morgan fingerprint density at radius 3 is 3.00 bits per heavy atom. The molecule has 0 saturated heterocycles. The molecule has 0 saturated carbocycles. The fraction of sp³-hybridized carbons (Fsp3) is 0.200. The van der Waals surface area contributed by atoms with E-state index in [4.69, 9.17) is 21.9 Å². The van der Waals surface area contributed by atoms with Crippen molar-refractivity contribution < 1.29 is 8.91 Å². The van der Waals surface area contributed by atoms with E-state index in [1.165, 1.54) is 18.5 Å². The van der Waals surface area contributed by atoms with Gasteiger partial charge in [0.2, 0.25) is 5.89 Å². The number of hydrogen-bond donors (Lipinski definition) is 2. The third kappa shape index (κ3) is 2.85. The zero-order valence-corrected chi connectivity index (χ0v) is 9.54. The smallest absolute Gasteiger partial charge is 0.228 e. The second kappa shape index (κ2) is 5.01. The summed E-state index contributed by atoms with van der Waals surface area (Å²) in [5.41, 5.74) is 6.57. The van der Waals surface area contributed by atoms with Crippen LogP contribution in [0.4, 0.5) is 15.8 Å². The summed E-state index contributed by atoms with van der Waals surface area (Å²) in [6.45, 7) is 0.507. The van der Waals surface area contributed by atoms with E-state index in [1.807, 2.05) is 0 Å². The van der Waals surface area contributed by atoms with Crippen LogP contribution < -0.4 is 11.1 Å². The zero-order chi connectivity index (χ0) is 12.3. The molecule has 0 bridgehead atoms. The summed E-state index contributed by atoms with van der Waals surface area (Å²) in [6.07, 6.45) is 1.86. The molecule has 1 aromatic carbocycles. The molecule has 0 atom stereocenters. The molecule has 2 aromatic rings. The van der Waals surface area contributed by atoms with E-state index in [0.29, 0.717) is 30.2 Å². The van der Waals surface area contributed by atoms with Gasteiger partial charge in [-0.3, -0.25) is 0 Å². The highest BCUT2D eigenvalue weighted by molar-refractivity contribution is 6.31. The van der Waals surface area contributed by atoms with Gasteiger partial charge in [0, 0.05) is 19.0 Å². The first-order valence-corrected chi connectivity index (χ1v) is 5.28. The van der Waals surface area contributed by atoms with Crippen LogP contribution in [0.5, 0.6) is 0 Å². The van der Waals surface area contributed by atoms with Crippen LogP contribution in [0.15, 0.2) is 23.0 Å². The van der Waals surface area contributed by atoms with E-state index in [2.05, 4.69) is 15.5 Å². The van der Waals surface area contributed by atoms with Crippen LogP contribution in [0.25, 0.3) is 0 Å². The highest BCUT2D eigenvalue weighted by Crippen LogP contribution is 2.25. The fourth-order valence-corrected chi connectivity index (χ4v) is 1.50. The first-order valence-electron chi connectivity index (χ1n) is 4.91. The van der Waals surface area contributed by atoms with Gasteiger partial charge in [-0.1, -0.05) is 16.8 Å². The molecule has 1 heterocycles. The third-order valence-corrected chi connectivity index (χ3v) is 2.44. The molecular formula is C10H10ClFN4O. The monoisotopic (exact) mass is 256 g/mol. The molecule has 0 aliphatic rings. The number of nitrogens with one attached hydrogen (secondary N) is 1. The summed E-state index contributed by atoms with van der Waals surface area (Å²) in [5, 5.41) is 6.45. The Balaban J connectivity index is 1.97. The summed E-state index contributed by atoms with van der Waals surface area (Å²) in [6, 6.07) is 2.62. The maximum absolute atomic E-state index is 13.2.